The van der Waals surface area contributed by atoms with Crippen LogP contribution >= 0.6 is 0 Å². The molecule has 6 heteroatoms. The van der Waals surface area contributed by atoms with Gasteiger partial charge < -0.3 is 0 Å². The van der Waals surface area contributed by atoms with Crippen molar-refractivity contribution in [3.63, 3.8) is 0 Å². The van der Waals surface area contributed by atoms with Crippen LogP contribution in [-0.4, -0.2) is 48.0 Å². The van der Waals surface area contributed by atoms with Crippen molar-refractivity contribution >= 4 is 11.8 Å². The summed E-state index contributed by atoms with van der Waals surface area (Å²) < 4.78 is 0. The number of hydrogen-bond acceptors (Lipinski definition) is 4. The molecule has 1 aliphatic carbocycles. The molecule has 24 heavy (non-hydrogen) atoms. The maximum Gasteiger partial charge on any atom is 0.237 e. The van der Waals surface area contributed by atoms with Crippen molar-refractivity contribution < 1.29 is 9.59 Å². The highest BCUT2D eigenvalue weighted by molar-refractivity contribution is 5.80. The summed E-state index contributed by atoms with van der Waals surface area (Å²) in [6.07, 6.45) is 10.5. The number of nitrogens with one attached hydrogen (secondary N) is 2. The number of nitrogens with zero attached hydrogens (tertiary/aromatic N) is 2. The van der Waals surface area contributed by atoms with Crippen molar-refractivity contribution in [3.8, 4) is 0 Å². The average Bonchev–Trinajstić information content (AvgIpc) is 2.63. The number of rotatable bonds is 4. The van der Waals surface area contributed by atoms with E-state index in [0.717, 1.165) is 51.9 Å². The minimum Gasteiger partial charge on any atom is -0.289 e. The molecule has 0 radical (unpaired) electrons. The molecule has 2 N–H and O–H groups in total. The van der Waals surface area contributed by atoms with Crippen molar-refractivity contribution in [2.75, 3.05) is 26.2 Å². The van der Waals surface area contributed by atoms with Crippen LogP contribution in [0.2, 0.25) is 0 Å². The van der Waals surface area contributed by atoms with Gasteiger partial charge in [0.25, 0.3) is 0 Å². The summed E-state index contributed by atoms with van der Waals surface area (Å²) in [5.74, 6) is 0.468. The van der Waals surface area contributed by atoms with E-state index in [9.17, 15) is 9.59 Å². The van der Waals surface area contributed by atoms with Gasteiger partial charge in [0.05, 0.1) is 0 Å². The molecule has 6 nitrogen and oxygen atoms in total. The molecule has 2 heterocycles. The molecule has 0 unspecified atom stereocenters. The lowest BCUT2D eigenvalue weighted by Crippen LogP contribution is -2.49. The maximum absolute atomic E-state index is 12.4. The Kier molecular flexibility index (Phi) is 6.49. The van der Waals surface area contributed by atoms with Gasteiger partial charge in [0.15, 0.2) is 0 Å². The third-order valence-electron chi connectivity index (χ3n) is 5.72. The highest BCUT2D eigenvalue weighted by atomic mass is 16.2. The number of hydrazine groups is 2. The van der Waals surface area contributed by atoms with E-state index in [1.165, 1.54) is 38.5 Å². The molecule has 0 aromatic carbocycles. The Morgan fingerprint density at radius 1 is 0.583 bits per heavy atom. The molecule has 3 aliphatic rings. The smallest absolute Gasteiger partial charge is 0.237 e. The molecule has 3 fully saturated rings. The second-order valence-corrected chi connectivity index (χ2v) is 7.60. The van der Waals surface area contributed by atoms with Crippen LogP contribution in [0, 0.1) is 11.8 Å². The Balaban J connectivity index is 1.38. The Morgan fingerprint density at radius 2 is 0.917 bits per heavy atom. The number of amides is 2. The van der Waals surface area contributed by atoms with Crippen molar-refractivity contribution in [3.05, 3.63) is 0 Å². The molecule has 136 valence electrons. The van der Waals surface area contributed by atoms with E-state index in [0.29, 0.717) is 0 Å². The van der Waals surface area contributed by atoms with Crippen molar-refractivity contribution in [2.24, 2.45) is 11.8 Å². The van der Waals surface area contributed by atoms with E-state index in [1.807, 2.05) is 0 Å². The fourth-order valence-electron chi connectivity index (χ4n) is 4.12. The number of piperidine rings is 2. The molecule has 0 aromatic heterocycles. The van der Waals surface area contributed by atoms with Gasteiger partial charge in [-0.3, -0.25) is 20.4 Å². The average molecular weight is 336 g/mol. The van der Waals surface area contributed by atoms with E-state index >= 15 is 0 Å². The highest BCUT2D eigenvalue weighted by Crippen LogP contribution is 2.29. The quantitative estimate of drug-likeness (QED) is 0.822. The molecule has 0 aromatic rings. The normalized spacial score (nSPS) is 29.8. The van der Waals surface area contributed by atoms with Crippen LogP contribution in [0.1, 0.15) is 64.2 Å². The lowest BCUT2D eigenvalue weighted by atomic mass is 9.81. The summed E-state index contributed by atoms with van der Waals surface area (Å²) in [5.41, 5.74) is 6.17. The van der Waals surface area contributed by atoms with Gasteiger partial charge in [-0.2, -0.15) is 0 Å². The Labute approximate surface area is 145 Å². The van der Waals surface area contributed by atoms with Crippen LogP contribution < -0.4 is 10.9 Å². The van der Waals surface area contributed by atoms with Crippen LogP contribution in [0.15, 0.2) is 0 Å². The van der Waals surface area contributed by atoms with Gasteiger partial charge in [0.1, 0.15) is 0 Å². The standard InChI is InChI=1S/C18H32N4O2/c23-17(19-21-11-3-1-4-12-21)15-7-9-16(10-8-15)18(24)20-22-13-5-2-6-14-22/h15-16H,1-14H2,(H,19,23)(H,20,24). The second-order valence-electron chi connectivity index (χ2n) is 7.60. The third-order valence-corrected chi connectivity index (χ3v) is 5.72. The lowest BCUT2D eigenvalue weighted by molar-refractivity contribution is -0.136. The number of hydrogen-bond donors (Lipinski definition) is 2. The molecule has 2 amide bonds. The zero-order chi connectivity index (χ0) is 16.8. The SMILES string of the molecule is O=C(NN1CCCCC1)C1CCC(C(=O)NN2CCCCC2)CC1. The van der Waals surface area contributed by atoms with Crippen LogP contribution in [0.4, 0.5) is 0 Å². The molecule has 0 atom stereocenters. The van der Waals surface area contributed by atoms with Crippen LogP contribution in [0.3, 0.4) is 0 Å². The van der Waals surface area contributed by atoms with Gasteiger partial charge in [0.2, 0.25) is 11.8 Å². The van der Waals surface area contributed by atoms with Crippen LogP contribution in [-0.2, 0) is 9.59 Å². The van der Waals surface area contributed by atoms with Gasteiger partial charge in [-0.25, -0.2) is 10.0 Å². The molecular formula is C18H32N4O2. The minimum absolute atomic E-state index is 0.0750. The second kappa shape index (κ2) is 8.81. The van der Waals surface area contributed by atoms with Gasteiger partial charge in [-0.1, -0.05) is 12.8 Å². The predicted molar refractivity (Wildman–Crippen MR) is 92.6 cm³/mol. The van der Waals surface area contributed by atoms with Gasteiger partial charge in [0, 0.05) is 38.0 Å². The Bertz CT molecular complexity index is 383. The summed E-state index contributed by atoms with van der Waals surface area (Å²) in [6.45, 7) is 3.89. The number of carbonyl (C=O) groups is 2. The van der Waals surface area contributed by atoms with Crippen LogP contribution in [0.5, 0.6) is 0 Å². The Hall–Kier alpha value is -1.14. The first-order valence-electron chi connectivity index (χ1n) is 9.83. The van der Waals surface area contributed by atoms with Crippen molar-refractivity contribution in [1.82, 2.24) is 20.9 Å². The van der Waals surface area contributed by atoms with Gasteiger partial charge in [-0.15, -0.1) is 0 Å². The molecule has 0 bridgehead atoms. The maximum atomic E-state index is 12.4. The zero-order valence-corrected chi connectivity index (χ0v) is 14.8. The molecule has 3 rings (SSSR count). The van der Waals surface area contributed by atoms with Gasteiger partial charge >= 0.3 is 0 Å². The summed E-state index contributed by atoms with van der Waals surface area (Å²) in [4.78, 5) is 24.8. The first kappa shape index (κ1) is 17.7. The molecule has 0 spiro atoms. The molecule has 1 saturated carbocycles. The molecular weight excluding hydrogens is 304 g/mol. The molecule has 2 aliphatic heterocycles. The van der Waals surface area contributed by atoms with Crippen LogP contribution in [0.25, 0.3) is 0 Å². The Morgan fingerprint density at radius 3 is 1.25 bits per heavy atom. The van der Waals surface area contributed by atoms with Gasteiger partial charge in [-0.05, 0) is 51.4 Å². The zero-order valence-electron chi connectivity index (χ0n) is 14.8. The van der Waals surface area contributed by atoms with Crippen molar-refractivity contribution in [1.29, 1.82) is 0 Å². The van der Waals surface area contributed by atoms with E-state index in [-0.39, 0.29) is 23.7 Å². The number of carbonyl (C=O) groups excluding carboxylic acids is 2. The topological polar surface area (TPSA) is 64.7 Å². The molecule has 2 saturated heterocycles. The largest absolute Gasteiger partial charge is 0.289 e. The first-order valence-corrected chi connectivity index (χ1v) is 9.83. The van der Waals surface area contributed by atoms with E-state index < -0.39 is 0 Å². The van der Waals surface area contributed by atoms with Crippen molar-refractivity contribution in [2.45, 2.75) is 64.2 Å². The fourth-order valence-corrected chi connectivity index (χ4v) is 4.12. The van der Waals surface area contributed by atoms with E-state index in [1.54, 1.807) is 0 Å². The first-order chi connectivity index (χ1) is 11.7. The highest BCUT2D eigenvalue weighted by Gasteiger charge is 2.31. The summed E-state index contributed by atoms with van der Waals surface area (Å²) >= 11 is 0. The third kappa shape index (κ3) is 4.93. The monoisotopic (exact) mass is 336 g/mol. The summed E-state index contributed by atoms with van der Waals surface area (Å²) in [5, 5.41) is 4.14. The minimum atomic E-state index is 0.0750. The van der Waals surface area contributed by atoms with E-state index in [4.69, 9.17) is 0 Å². The lowest BCUT2D eigenvalue weighted by Gasteiger charge is -2.33. The summed E-state index contributed by atoms with van der Waals surface area (Å²) in [6, 6.07) is 0. The predicted octanol–water partition coefficient (Wildman–Crippen LogP) is 1.83. The summed E-state index contributed by atoms with van der Waals surface area (Å²) in [7, 11) is 0. The fraction of sp³-hybridized carbons (Fsp3) is 0.889. The van der Waals surface area contributed by atoms with E-state index in [2.05, 4.69) is 20.9 Å².